The molecule has 2 heterocycles. The molecule has 2 aliphatic heterocycles. The van der Waals surface area contributed by atoms with Gasteiger partial charge in [-0.05, 0) is 23.2 Å². The number of hydrogen-bond donors (Lipinski definition) is 0. The van der Waals surface area contributed by atoms with E-state index in [2.05, 4.69) is 10.0 Å². The van der Waals surface area contributed by atoms with Crippen LogP contribution in [0.2, 0.25) is 0 Å². The fourth-order valence-electron chi connectivity index (χ4n) is 4.59. The molecular formula is C27H27BN3O5. The molecule has 0 amide bonds. The topological polar surface area (TPSA) is 94.9 Å². The minimum absolute atomic E-state index is 0.313. The third-order valence-electron chi connectivity index (χ3n) is 6.40. The highest BCUT2D eigenvalue weighted by molar-refractivity contribution is 6.55. The third-order valence-corrected chi connectivity index (χ3v) is 6.40. The first kappa shape index (κ1) is 24.4. The van der Waals surface area contributed by atoms with Gasteiger partial charge in [0.1, 0.15) is 18.0 Å². The second-order valence-electron chi connectivity index (χ2n) is 8.71. The standard InChI is InChI=1S/C27H27BN3O5/c1-32-21-14-12-18(13-15-21)16-33-25-23(30-31-29)26(28-20-10-6-3-7-11-20)35-22-17-34-27(36-24(22)25)19-8-4-2-5-9-19/h2-15,22-27H,16-17H2,1H3/t22?,23?,24-,25+,26+,27?/m0/s1. The normalized spacial score (nSPS) is 27.4. The number of hydrogen-bond acceptors (Lipinski definition) is 6. The zero-order valence-corrected chi connectivity index (χ0v) is 19.9. The highest BCUT2D eigenvalue weighted by Gasteiger charge is 2.50. The van der Waals surface area contributed by atoms with E-state index >= 15 is 0 Å². The first-order chi connectivity index (χ1) is 17.7. The highest BCUT2D eigenvalue weighted by atomic mass is 16.7. The fourth-order valence-corrected chi connectivity index (χ4v) is 4.59. The minimum atomic E-state index is -0.635. The van der Waals surface area contributed by atoms with E-state index in [4.69, 9.17) is 23.7 Å². The summed E-state index contributed by atoms with van der Waals surface area (Å²) < 4.78 is 30.5. The summed E-state index contributed by atoms with van der Waals surface area (Å²) in [5.74, 6) is 0.771. The fraction of sp³-hybridized carbons (Fsp3) is 0.333. The number of rotatable bonds is 8. The number of nitrogens with zero attached hydrogens (tertiary/aromatic N) is 3. The summed E-state index contributed by atoms with van der Waals surface area (Å²) in [4.78, 5) is 3.14. The maximum atomic E-state index is 9.44. The Kier molecular flexibility index (Phi) is 7.86. The van der Waals surface area contributed by atoms with Crippen LogP contribution in [0.25, 0.3) is 10.4 Å². The SMILES string of the molecule is COc1ccc(CO[C@@H]2C(N=[N+]=[N-])[C@H]([B]c3ccccc3)OC3COC(c4ccccc4)O[C@@H]32)cc1. The summed E-state index contributed by atoms with van der Waals surface area (Å²) in [5, 5.41) is 4.13. The van der Waals surface area contributed by atoms with Crippen LogP contribution in [0.1, 0.15) is 17.4 Å². The summed E-state index contributed by atoms with van der Waals surface area (Å²) in [5.41, 5.74) is 12.3. The Morgan fingerprint density at radius 1 is 0.972 bits per heavy atom. The smallest absolute Gasteiger partial charge is 0.190 e. The van der Waals surface area contributed by atoms with E-state index in [9.17, 15) is 5.53 Å². The van der Waals surface area contributed by atoms with Gasteiger partial charge in [-0.3, -0.25) is 0 Å². The van der Waals surface area contributed by atoms with E-state index in [-0.39, 0.29) is 6.10 Å². The minimum Gasteiger partial charge on any atom is -0.497 e. The van der Waals surface area contributed by atoms with Crippen molar-refractivity contribution in [2.24, 2.45) is 5.11 Å². The molecule has 3 unspecified atom stereocenters. The molecule has 5 rings (SSSR count). The van der Waals surface area contributed by atoms with Gasteiger partial charge in [-0.2, -0.15) is 0 Å². The third kappa shape index (κ3) is 5.56. The molecule has 8 nitrogen and oxygen atoms in total. The molecule has 0 saturated carbocycles. The molecule has 36 heavy (non-hydrogen) atoms. The van der Waals surface area contributed by atoms with Crippen LogP contribution in [-0.2, 0) is 25.6 Å². The first-order valence-corrected chi connectivity index (χ1v) is 11.9. The van der Waals surface area contributed by atoms with Crippen molar-refractivity contribution in [1.82, 2.24) is 0 Å². The van der Waals surface area contributed by atoms with Gasteiger partial charge in [-0.1, -0.05) is 83.4 Å². The van der Waals surface area contributed by atoms with Crippen LogP contribution >= 0.6 is 0 Å². The predicted octanol–water partition coefficient (Wildman–Crippen LogP) is 4.13. The van der Waals surface area contributed by atoms with Gasteiger partial charge >= 0.3 is 0 Å². The van der Waals surface area contributed by atoms with Gasteiger partial charge in [0.15, 0.2) is 13.6 Å². The van der Waals surface area contributed by atoms with E-state index in [1.807, 2.05) is 92.2 Å². The molecule has 3 aromatic rings. The molecule has 2 saturated heterocycles. The average molecular weight is 484 g/mol. The lowest BCUT2D eigenvalue weighted by atomic mass is 9.60. The molecule has 183 valence electrons. The Hall–Kier alpha value is -3.33. The lowest BCUT2D eigenvalue weighted by Gasteiger charge is -2.48. The van der Waals surface area contributed by atoms with Crippen LogP contribution in [0.15, 0.2) is 90.0 Å². The number of ether oxygens (including phenoxy) is 5. The molecule has 0 N–H and O–H groups in total. The lowest BCUT2D eigenvalue weighted by Crippen LogP contribution is -2.63. The molecule has 2 fully saturated rings. The molecule has 9 heteroatoms. The first-order valence-electron chi connectivity index (χ1n) is 11.9. The zero-order chi connectivity index (χ0) is 24.7. The molecule has 0 spiro atoms. The number of methoxy groups -OCH3 is 1. The van der Waals surface area contributed by atoms with E-state index < -0.39 is 30.5 Å². The van der Waals surface area contributed by atoms with Gasteiger partial charge in [-0.15, -0.1) is 0 Å². The van der Waals surface area contributed by atoms with Gasteiger partial charge in [-0.25, -0.2) is 0 Å². The molecular weight excluding hydrogens is 457 g/mol. The Labute approximate surface area is 211 Å². The average Bonchev–Trinajstić information content (AvgIpc) is 2.94. The molecule has 3 aromatic carbocycles. The number of benzene rings is 3. The summed E-state index contributed by atoms with van der Waals surface area (Å²) in [6.07, 6.45) is -2.00. The van der Waals surface area contributed by atoms with Crippen molar-refractivity contribution >= 4 is 12.7 Å². The van der Waals surface area contributed by atoms with Crippen molar-refractivity contribution in [2.75, 3.05) is 13.7 Å². The van der Waals surface area contributed by atoms with Crippen LogP contribution in [0.3, 0.4) is 0 Å². The van der Waals surface area contributed by atoms with Crippen LogP contribution in [0, 0.1) is 0 Å². The molecule has 0 aliphatic carbocycles. The molecule has 1 radical (unpaired) electrons. The van der Waals surface area contributed by atoms with Crippen molar-refractivity contribution in [3.05, 3.63) is 106 Å². The van der Waals surface area contributed by atoms with Crippen LogP contribution < -0.4 is 10.2 Å². The number of fused-ring (bicyclic) bond motifs is 1. The van der Waals surface area contributed by atoms with E-state index in [0.717, 1.165) is 22.3 Å². The van der Waals surface area contributed by atoms with Crippen molar-refractivity contribution in [1.29, 1.82) is 0 Å². The van der Waals surface area contributed by atoms with Crippen molar-refractivity contribution in [2.45, 2.75) is 43.3 Å². The summed E-state index contributed by atoms with van der Waals surface area (Å²) in [7, 11) is 3.59. The molecule has 6 atom stereocenters. The monoisotopic (exact) mass is 484 g/mol. The molecule has 2 aliphatic rings. The maximum absolute atomic E-state index is 9.44. The lowest BCUT2D eigenvalue weighted by molar-refractivity contribution is -0.312. The Bertz CT molecular complexity index is 1160. The van der Waals surface area contributed by atoms with Crippen LogP contribution in [-0.4, -0.2) is 51.4 Å². The van der Waals surface area contributed by atoms with Gasteiger partial charge in [0.05, 0.1) is 32.5 Å². The zero-order valence-electron chi connectivity index (χ0n) is 19.9. The Morgan fingerprint density at radius 3 is 2.39 bits per heavy atom. The van der Waals surface area contributed by atoms with Crippen LogP contribution in [0.5, 0.6) is 5.75 Å². The largest absolute Gasteiger partial charge is 0.497 e. The summed E-state index contributed by atoms with van der Waals surface area (Å²) in [6.45, 7) is 0.641. The molecule has 0 bridgehead atoms. The van der Waals surface area contributed by atoms with Crippen LogP contribution in [0.4, 0.5) is 0 Å². The van der Waals surface area contributed by atoms with Gasteiger partial charge in [0, 0.05) is 16.5 Å². The Balaban J connectivity index is 1.41. The predicted molar refractivity (Wildman–Crippen MR) is 135 cm³/mol. The van der Waals surface area contributed by atoms with Crippen molar-refractivity contribution < 1.29 is 23.7 Å². The van der Waals surface area contributed by atoms with Gasteiger partial charge in [0.25, 0.3) is 0 Å². The summed E-state index contributed by atoms with van der Waals surface area (Å²) >= 11 is 0. The van der Waals surface area contributed by atoms with E-state index in [1.54, 1.807) is 7.11 Å². The maximum Gasteiger partial charge on any atom is 0.190 e. The van der Waals surface area contributed by atoms with Crippen molar-refractivity contribution in [3.63, 3.8) is 0 Å². The van der Waals surface area contributed by atoms with E-state index in [0.29, 0.717) is 13.2 Å². The van der Waals surface area contributed by atoms with E-state index in [1.165, 1.54) is 0 Å². The second kappa shape index (κ2) is 11.6. The van der Waals surface area contributed by atoms with Crippen molar-refractivity contribution in [3.8, 4) is 5.75 Å². The highest BCUT2D eigenvalue weighted by Crippen LogP contribution is 2.36. The summed E-state index contributed by atoms with van der Waals surface area (Å²) in [6, 6.07) is 26.1. The second-order valence-corrected chi connectivity index (χ2v) is 8.71. The van der Waals surface area contributed by atoms with Gasteiger partial charge in [0.2, 0.25) is 0 Å². The quantitative estimate of drug-likeness (QED) is 0.207. The molecule has 0 aromatic heterocycles. The number of azide groups is 1. The van der Waals surface area contributed by atoms with Gasteiger partial charge < -0.3 is 23.7 Å². The Morgan fingerprint density at radius 2 is 1.69 bits per heavy atom.